The zero-order chi connectivity index (χ0) is 13.4. The average Bonchev–Trinajstić information content (AvgIpc) is 2.96. The van der Waals surface area contributed by atoms with Crippen LogP contribution in [0.15, 0.2) is 11.6 Å². The number of nitrogens with two attached hydrogens (primary N) is 1. The lowest BCUT2D eigenvalue weighted by molar-refractivity contribution is 0.887. The Morgan fingerprint density at radius 3 is 2.95 bits per heavy atom. The highest BCUT2D eigenvalue weighted by molar-refractivity contribution is 7.09. The Kier molecular flexibility index (Phi) is 2.79. The summed E-state index contributed by atoms with van der Waals surface area (Å²) >= 11 is 1.63. The first kappa shape index (κ1) is 11.8. The van der Waals surface area contributed by atoms with Crippen molar-refractivity contribution < 1.29 is 0 Å². The fraction of sp³-hybridized carbons (Fsp3) is 0.273. The summed E-state index contributed by atoms with van der Waals surface area (Å²) in [6.45, 7) is 2.66. The van der Waals surface area contributed by atoms with Gasteiger partial charge in [-0.1, -0.05) is 0 Å². The molecule has 0 radical (unpaired) electrons. The Hall–Kier alpha value is -2.22. The molecule has 0 unspecified atom stereocenters. The number of aromatic amines is 1. The molecule has 0 spiro atoms. The van der Waals surface area contributed by atoms with Crippen LogP contribution in [0.4, 0.5) is 11.8 Å². The van der Waals surface area contributed by atoms with Gasteiger partial charge in [0.2, 0.25) is 5.95 Å². The number of fused-ring (bicyclic) bond motifs is 1. The van der Waals surface area contributed by atoms with E-state index in [9.17, 15) is 0 Å². The first-order valence-electron chi connectivity index (χ1n) is 5.72. The molecular formula is C11H13N7S. The van der Waals surface area contributed by atoms with Crippen LogP contribution in [0.3, 0.4) is 0 Å². The Morgan fingerprint density at radius 2 is 2.21 bits per heavy atom. The second-order valence-electron chi connectivity index (χ2n) is 4.28. The Labute approximate surface area is 113 Å². The van der Waals surface area contributed by atoms with Gasteiger partial charge in [-0.25, -0.2) is 4.98 Å². The van der Waals surface area contributed by atoms with Gasteiger partial charge >= 0.3 is 0 Å². The van der Waals surface area contributed by atoms with E-state index >= 15 is 0 Å². The van der Waals surface area contributed by atoms with Crippen LogP contribution in [-0.4, -0.2) is 32.2 Å². The molecule has 0 aromatic carbocycles. The van der Waals surface area contributed by atoms with Gasteiger partial charge in [-0.15, -0.1) is 11.3 Å². The quantitative estimate of drug-likeness (QED) is 0.748. The minimum atomic E-state index is 0.230. The molecule has 98 valence electrons. The second kappa shape index (κ2) is 4.47. The van der Waals surface area contributed by atoms with Crippen LogP contribution >= 0.6 is 11.3 Å². The third kappa shape index (κ3) is 2.22. The van der Waals surface area contributed by atoms with Gasteiger partial charge in [-0.05, 0) is 6.92 Å². The molecule has 7 nitrogen and oxygen atoms in total. The number of aryl methyl sites for hydroxylation is 1. The van der Waals surface area contributed by atoms with Crippen LogP contribution in [0, 0.1) is 6.92 Å². The third-order valence-electron chi connectivity index (χ3n) is 2.71. The van der Waals surface area contributed by atoms with Crippen molar-refractivity contribution in [3.05, 3.63) is 22.3 Å². The van der Waals surface area contributed by atoms with Gasteiger partial charge < -0.3 is 10.6 Å². The van der Waals surface area contributed by atoms with Gasteiger partial charge in [-0.2, -0.15) is 15.1 Å². The van der Waals surface area contributed by atoms with Gasteiger partial charge in [0.1, 0.15) is 10.8 Å². The van der Waals surface area contributed by atoms with Crippen LogP contribution < -0.4 is 10.6 Å². The van der Waals surface area contributed by atoms with E-state index in [1.54, 1.807) is 17.5 Å². The van der Waals surface area contributed by atoms with Crippen molar-refractivity contribution in [1.29, 1.82) is 0 Å². The van der Waals surface area contributed by atoms with Gasteiger partial charge in [0.05, 0.1) is 18.1 Å². The maximum absolute atomic E-state index is 5.71. The Balaban J connectivity index is 1.96. The van der Waals surface area contributed by atoms with Crippen molar-refractivity contribution in [3.63, 3.8) is 0 Å². The minimum absolute atomic E-state index is 0.230. The second-order valence-corrected chi connectivity index (χ2v) is 5.22. The van der Waals surface area contributed by atoms with E-state index < -0.39 is 0 Å². The minimum Gasteiger partial charge on any atom is -0.368 e. The fourth-order valence-corrected chi connectivity index (χ4v) is 2.70. The standard InChI is InChI=1S/C11H13N7S/c1-6-5-19-8(14-6)4-18(2)10-7-3-13-17-9(7)15-11(12)16-10/h3,5H,4H2,1-2H3,(H3,12,13,15,16,17). The molecule has 0 saturated heterocycles. The number of H-pyrrole nitrogens is 1. The van der Waals surface area contributed by atoms with Crippen molar-refractivity contribution in [3.8, 4) is 0 Å². The van der Waals surface area contributed by atoms with Crippen LogP contribution in [0.25, 0.3) is 11.0 Å². The van der Waals surface area contributed by atoms with E-state index in [1.165, 1.54) is 0 Å². The van der Waals surface area contributed by atoms with E-state index in [0.717, 1.165) is 21.9 Å². The van der Waals surface area contributed by atoms with Crippen LogP contribution in [0.2, 0.25) is 0 Å². The zero-order valence-corrected chi connectivity index (χ0v) is 11.4. The normalized spacial score (nSPS) is 11.1. The van der Waals surface area contributed by atoms with E-state index in [1.807, 2.05) is 24.3 Å². The van der Waals surface area contributed by atoms with Crippen LogP contribution in [0.5, 0.6) is 0 Å². The summed E-state index contributed by atoms with van der Waals surface area (Å²) in [5, 5.41) is 10.7. The lowest BCUT2D eigenvalue weighted by Crippen LogP contribution is -2.18. The molecule has 8 heteroatoms. The molecule has 3 rings (SSSR count). The highest BCUT2D eigenvalue weighted by Gasteiger charge is 2.13. The number of anilines is 2. The molecule has 0 amide bonds. The van der Waals surface area contributed by atoms with E-state index in [-0.39, 0.29) is 5.95 Å². The number of nitrogens with zero attached hydrogens (tertiary/aromatic N) is 5. The molecule has 3 aromatic rings. The summed E-state index contributed by atoms with van der Waals surface area (Å²) in [4.78, 5) is 14.8. The summed E-state index contributed by atoms with van der Waals surface area (Å²) in [5.41, 5.74) is 7.38. The number of hydrogen-bond acceptors (Lipinski definition) is 7. The number of rotatable bonds is 3. The molecule has 0 aliphatic heterocycles. The van der Waals surface area contributed by atoms with Crippen molar-refractivity contribution in [2.45, 2.75) is 13.5 Å². The molecule has 0 atom stereocenters. The molecule has 3 N–H and O–H groups in total. The molecule has 0 aliphatic rings. The zero-order valence-electron chi connectivity index (χ0n) is 10.6. The highest BCUT2D eigenvalue weighted by atomic mass is 32.1. The predicted octanol–water partition coefficient (Wildman–Crippen LogP) is 1.34. The van der Waals surface area contributed by atoms with Crippen molar-refractivity contribution in [2.75, 3.05) is 17.7 Å². The summed E-state index contributed by atoms with van der Waals surface area (Å²) in [7, 11) is 1.95. The van der Waals surface area contributed by atoms with Gasteiger partial charge in [-0.3, -0.25) is 5.10 Å². The SMILES string of the molecule is Cc1csc(CN(C)c2nc(N)nc3[nH]ncc23)n1. The molecule has 0 fully saturated rings. The molecule has 19 heavy (non-hydrogen) atoms. The highest BCUT2D eigenvalue weighted by Crippen LogP contribution is 2.23. The molecule has 0 saturated carbocycles. The first-order chi connectivity index (χ1) is 9.13. The Bertz CT molecular complexity index is 717. The molecular weight excluding hydrogens is 262 g/mol. The van der Waals surface area contributed by atoms with Gasteiger partial charge in [0, 0.05) is 18.1 Å². The fourth-order valence-electron chi connectivity index (χ4n) is 1.88. The van der Waals surface area contributed by atoms with E-state index in [0.29, 0.717) is 12.2 Å². The topological polar surface area (TPSA) is 96.6 Å². The predicted molar refractivity (Wildman–Crippen MR) is 75.1 cm³/mol. The van der Waals surface area contributed by atoms with Gasteiger partial charge in [0.15, 0.2) is 5.65 Å². The smallest absolute Gasteiger partial charge is 0.224 e. The van der Waals surface area contributed by atoms with E-state index in [4.69, 9.17) is 5.73 Å². The lowest BCUT2D eigenvalue weighted by atomic mass is 10.3. The summed E-state index contributed by atoms with van der Waals surface area (Å²) in [5.74, 6) is 0.984. The number of nitrogens with one attached hydrogen (secondary N) is 1. The van der Waals surface area contributed by atoms with E-state index in [2.05, 4.69) is 25.1 Å². The Morgan fingerprint density at radius 1 is 1.37 bits per heavy atom. The molecule has 3 heterocycles. The average molecular weight is 275 g/mol. The molecule has 3 aromatic heterocycles. The lowest BCUT2D eigenvalue weighted by Gasteiger charge is -2.17. The summed E-state index contributed by atoms with van der Waals surface area (Å²) < 4.78 is 0. The summed E-state index contributed by atoms with van der Waals surface area (Å²) in [6.07, 6.45) is 1.70. The van der Waals surface area contributed by atoms with Crippen molar-refractivity contribution in [1.82, 2.24) is 25.1 Å². The third-order valence-corrected chi connectivity index (χ3v) is 3.66. The number of aromatic nitrogens is 5. The maximum Gasteiger partial charge on any atom is 0.224 e. The molecule has 0 bridgehead atoms. The molecule has 0 aliphatic carbocycles. The monoisotopic (exact) mass is 275 g/mol. The summed E-state index contributed by atoms with van der Waals surface area (Å²) in [6, 6.07) is 0. The van der Waals surface area contributed by atoms with Crippen molar-refractivity contribution >= 4 is 34.1 Å². The maximum atomic E-state index is 5.71. The first-order valence-corrected chi connectivity index (χ1v) is 6.60. The number of hydrogen-bond donors (Lipinski definition) is 2. The largest absolute Gasteiger partial charge is 0.368 e. The van der Waals surface area contributed by atoms with Crippen LogP contribution in [-0.2, 0) is 6.54 Å². The number of thiazole rings is 1. The number of nitrogen functional groups attached to an aromatic ring is 1. The van der Waals surface area contributed by atoms with Crippen molar-refractivity contribution in [2.24, 2.45) is 0 Å². The van der Waals surface area contributed by atoms with Gasteiger partial charge in [0.25, 0.3) is 0 Å². The van der Waals surface area contributed by atoms with Crippen LogP contribution in [0.1, 0.15) is 10.7 Å².